The Bertz CT molecular complexity index is 479. The molecule has 2 rings (SSSR count). The van der Waals surface area contributed by atoms with Crippen LogP contribution in [-0.2, 0) is 4.79 Å². The van der Waals surface area contributed by atoms with E-state index in [9.17, 15) is 14.0 Å². The molecule has 0 radical (unpaired) electrons. The number of hydrogen-bond donors (Lipinski definition) is 1. The normalized spacial score (nSPS) is 14.8. The zero-order valence-corrected chi connectivity index (χ0v) is 10.6. The lowest BCUT2D eigenvalue weighted by Crippen LogP contribution is -2.31. The molecule has 0 atom stereocenters. The van der Waals surface area contributed by atoms with Gasteiger partial charge in [0.25, 0.3) is 5.91 Å². The second-order valence-electron chi connectivity index (χ2n) is 4.44. The van der Waals surface area contributed by atoms with Crippen LogP contribution in [-0.4, -0.2) is 41.3 Å². The van der Waals surface area contributed by atoms with E-state index < -0.39 is 11.9 Å². The molecule has 6 heteroatoms. The average molecular weight is 265 g/mol. The lowest BCUT2D eigenvalue weighted by atomic mass is 10.2. The van der Waals surface area contributed by atoms with Gasteiger partial charge in [0.15, 0.2) is 0 Å². The molecule has 0 aromatic carbocycles. The summed E-state index contributed by atoms with van der Waals surface area (Å²) in [6.07, 6.45) is 3.49. The van der Waals surface area contributed by atoms with Gasteiger partial charge >= 0.3 is 0 Å². The van der Waals surface area contributed by atoms with Crippen molar-refractivity contribution in [3.05, 3.63) is 29.8 Å². The van der Waals surface area contributed by atoms with Crippen LogP contribution in [0.4, 0.5) is 4.39 Å². The van der Waals surface area contributed by atoms with E-state index in [0.29, 0.717) is 25.9 Å². The maximum atomic E-state index is 13.2. The fourth-order valence-corrected chi connectivity index (χ4v) is 2.06. The standard InChI is InChI=1S/C13H16FN3O2/c14-12-10(4-1-6-15-12)13(19)16-7-3-9-17-8-2-5-11(17)18/h1,4,6H,2-3,5,7-9H2,(H,16,19). The van der Waals surface area contributed by atoms with Crippen molar-refractivity contribution in [1.82, 2.24) is 15.2 Å². The second kappa shape index (κ2) is 6.26. The maximum Gasteiger partial charge on any atom is 0.255 e. The number of pyridine rings is 1. The average Bonchev–Trinajstić information content (AvgIpc) is 2.80. The zero-order valence-electron chi connectivity index (χ0n) is 10.6. The van der Waals surface area contributed by atoms with E-state index in [4.69, 9.17) is 0 Å². The zero-order chi connectivity index (χ0) is 13.7. The largest absolute Gasteiger partial charge is 0.352 e. The highest BCUT2D eigenvalue weighted by atomic mass is 19.1. The van der Waals surface area contributed by atoms with E-state index in [1.165, 1.54) is 18.3 Å². The quantitative estimate of drug-likeness (QED) is 0.637. The van der Waals surface area contributed by atoms with Gasteiger partial charge in [0.2, 0.25) is 11.9 Å². The summed E-state index contributed by atoms with van der Waals surface area (Å²) in [6.45, 7) is 1.84. The van der Waals surface area contributed by atoms with E-state index >= 15 is 0 Å². The number of halogens is 1. The topological polar surface area (TPSA) is 62.3 Å². The number of carbonyl (C=O) groups excluding carboxylic acids is 2. The predicted octanol–water partition coefficient (Wildman–Crippen LogP) is 0.963. The van der Waals surface area contributed by atoms with Gasteiger partial charge in [0.1, 0.15) is 0 Å². The van der Waals surface area contributed by atoms with Crippen LogP contribution < -0.4 is 5.32 Å². The highest BCUT2D eigenvalue weighted by Crippen LogP contribution is 2.09. The molecule has 0 spiro atoms. The first-order chi connectivity index (χ1) is 9.18. The Morgan fingerprint density at radius 3 is 3.05 bits per heavy atom. The van der Waals surface area contributed by atoms with Crippen molar-refractivity contribution in [3.8, 4) is 0 Å². The van der Waals surface area contributed by atoms with Crippen LogP contribution in [0.1, 0.15) is 29.6 Å². The Kier molecular flexibility index (Phi) is 4.43. The molecule has 0 aliphatic carbocycles. The highest BCUT2D eigenvalue weighted by Gasteiger charge is 2.19. The van der Waals surface area contributed by atoms with E-state index in [1.54, 1.807) is 4.90 Å². The molecule has 2 heterocycles. The minimum Gasteiger partial charge on any atom is -0.352 e. The van der Waals surface area contributed by atoms with Crippen molar-refractivity contribution in [2.45, 2.75) is 19.3 Å². The summed E-state index contributed by atoms with van der Waals surface area (Å²) in [4.78, 5) is 28.2. The van der Waals surface area contributed by atoms with Gasteiger partial charge in [-0.15, -0.1) is 0 Å². The summed E-state index contributed by atoms with van der Waals surface area (Å²) in [7, 11) is 0. The molecule has 1 saturated heterocycles. The van der Waals surface area contributed by atoms with E-state index in [1.807, 2.05) is 0 Å². The minimum atomic E-state index is -0.769. The van der Waals surface area contributed by atoms with Gasteiger partial charge < -0.3 is 10.2 Å². The summed E-state index contributed by atoms with van der Waals surface area (Å²) in [5.41, 5.74) is -0.0558. The fraction of sp³-hybridized carbons (Fsp3) is 0.462. The van der Waals surface area contributed by atoms with Crippen LogP contribution in [0.2, 0.25) is 0 Å². The SMILES string of the molecule is O=C(NCCCN1CCCC1=O)c1cccnc1F. The van der Waals surface area contributed by atoms with E-state index in [-0.39, 0.29) is 11.5 Å². The van der Waals surface area contributed by atoms with E-state index in [2.05, 4.69) is 10.3 Å². The number of hydrogen-bond acceptors (Lipinski definition) is 3. The van der Waals surface area contributed by atoms with Gasteiger partial charge in [-0.1, -0.05) is 0 Å². The predicted molar refractivity (Wildman–Crippen MR) is 67.0 cm³/mol. The Morgan fingerprint density at radius 1 is 1.53 bits per heavy atom. The lowest BCUT2D eigenvalue weighted by Gasteiger charge is -2.15. The first-order valence-corrected chi connectivity index (χ1v) is 6.35. The number of nitrogens with zero attached hydrogens (tertiary/aromatic N) is 2. The number of rotatable bonds is 5. The molecular weight excluding hydrogens is 249 g/mol. The molecule has 1 aliphatic heterocycles. The number of amides is 2. The van der Waals surface area contributed by atoms with Gasteiger partial charge in [-0.25, -0.2) is 4.98 Å². The molecule has 0 unspecified atom stereocenters. The Morgan fingerprint density at radius 2 is 2.37 bits per heavy atom. The van der Waals surface area contributed by atoms with Crippen LogP contribution in [0, 0.1) is 5.95 Å². The van der Waals surface area contributed by atoms with Crippen LogP contribution >= 0.6 is 0 Å². The van der Waals surface area contributed by atoms with Crippen molar-refractivity contribution in [2.24, 2.45) is 0 Å². The molecular formula is C13H16FN3O2. The molecule has 1 aliphatic rings. The van der Waals surface area contributed by atoms with Crippen LogP contribution in [0.15, 0.2) is 18.3 Å². The third-order valence-electron chi connectivity index (χ3n) is 3.07. The molecule has 0 saturated carbocycles. The molecule has 1 aromatic heterocycles. The monoisotopic (exact) mass is 265 g/mol. The number of nitrogens with one attached hydrogen (secondary N) is 1. The summed E-state index contributed by atoms with van der Waals surface area (Å²) >= 11 is 0. The van der Waals surface area contributed by atoms with Crippen molar-refractivity contribution in [2.75, 3.05) is 19.6 Å². The van der Waals surface area contributed by atoms with Crippen LogP contribution in [0.5, 0.6) is 0 Å². The highest BCUT2D eigenvalue weighted by molar-refractivity contribution is 5.94. The molecule has 0 bridgehead atoms. The number of likely N-dealkylation sites (tertiary alicyclic amines) is 1. The maximum absolute atomic E-state index is 13.2. The Hall–Kier alpha value is -1.98. The Balaban J connectivity index is 1.72. The molecule has 1 fully saturated rings. The van der Waals surface area contributed by atoms with Crippen LogP contribution in [0.25, 0.3) is 0 Å². The summed E-state index contributed by atoms with van der Waals surface area (Å²) < 4.78 is 13.2. The van der Waals surface area contributed by atoms with E-state index in [0.717, 1.165) is 13.0 Å². The first-order valence-electron chi connectivity index (χ1n) is 6.35. The third-order valence-corrected chi connectivity index (χ3v) is 3.07. The summed E-state index contributed by atoms with van der Waals surface area (Å²) in [5.74, 6) is -1.07. The van der Waals surface area contributed by atoms with Crippen molar-refractivity contribution >= 4 is 11.8 Å². The van der Waals surface area contributed by atoms with Crippen LogP contribution in [0.3, 0.4) is 0 Å². The Labute approximate surface area is 110 Å². The molecule has 19 heavy (non-hydrogen) atoms. The van der Waals surface area contributed by atoms with Gasteiger partial charge in [-0.3, -0.25) is 9.59 Å². The fourth-order valence-electron chi connectivity index (χ4n) is 2.06. The first kappa shape index (κ1) is 13.5. The second-order valence-corrected chi connectivity index (χ2v) is 4.44. The molecule has 102 valence electrons. The van der Waals surface area contributed by atoms with Gasteiger partial charge in [-0.2, -0.15) is 4.39 Å². The number of carbonyl (C=O) groups is 2. The number of aromatic nitrogens is 1. The third kappa shape index (κ3) is 3.49. The van der Waals surface area contributed by atoms with Gasteiger partial charge in [-0.05, 0) is 25.0 Å². The molecule has 1 N–H and O–H groups in total. The van der Waals surface area contributed by atoms with Crippen molar-refractivity contribution < 1.29 is 14.0 Å². The minimum absolute atomic E-state index is 0.0558. The lowest BCUT2D eigenvalue weighted by molar-refractivity contribution is -0.127. The van der Waals surface area contributed by atoms with Gasteiger partial charge in [0.05, 0.1) is 5.56 Å². The van der Waals surface area contributed by atoms with Gasteiger partial charge in [0, 0.05) is 32.3 Å². The molecule has 5 nitrogen and oxygen atoms in total. The smallest absolute Gasteiger partial charge is 0.255 e. The molecule has 2 amide bonds. The molecule has 1 aromatic rings. The van der Waals surface area contributed by atoms with Crippen molar-refractivity contribution in [3.63, 3.8) is 0 Å². The summed E-state index contributed by atoms with van der Waals surface area (Å²) in [5, 5.41) is 2.62. The van der Waals surface area contributed by atoms with Crippen molar-refractivity contribution in [1.29, 1.82) is 0 Å². The summed E-state index contributed by atoms with van der Waals surface area (Å²) in [6, 6.07) is 2.91.